The molecule has 1 fully saturated rings. The molecule has 7 heteroatoms. The number of nitrogens with one attached hydrogen (secondary N) is 1. The van der Waals surface area contributed by atoms with Crippen LogP contribution in [-0.2, 0) is 14.6 Å². The summed E-state index contributed by atoms with van der Waals surface area (Å²) in [4.78, 5) is 3.33. The minimum absolute atomic E-state index is 0.0718. The molecular weight excluding hydrogens is 296 g/mol. The zero-order valence-corrected chi connectivity index (χ0v) is 12.9. The molecule has 0 amide bonds. The monoisotopic (exact) mass is 312 g/mol. The minimum Gasteiger partial charge on any atom is -0.376 e. The first kappa shape index (κ1) is 13.8. The second kappa shape index (κ2) is 4.68. The first-order valence-electron chi connectivity index (χ1n) is 6.44. The second-order valence-corrected chi connectivity index (χ2v) is 7.53. The van der Waals surface area contributed by atoms with E-state index in [4.69, 9.17) is 17.0 Å². The molecule has 108 valence electrons. The van der Waals surface area contributed by atoms with Crippen LogP contribution in [0.1, 0.15) is 19.4 Å². The van der Waals surface area contributed by atoms with Gasteiger partial charge in [-0.25, -0.2) is 8.42 Å². The van der Waals surface area contributed by atoms with Gasteiger partial charge in [0.15, 0.2) is 14.6 Å². The highest BCUT2D eigenvalue weighted by Crippen LogP contribution is 2.31. The Morgan fingerprint density at radius 2 is 2.20 bits per heavy atom. The van der Waals surface area contributed by atoms with Crippen LogP contribution < -0.4 is 0 Å². The summed E-state index contributed by atoms with van der Waals surface area (Å²) in [5.41, 5.74) is 1.40. The molecular formula is C13H16N2O3S2. The van der Waals surface area contributed by atoms with E-state index >= 15 is 0 Å². The van der Waals surface area contributed by atoms with Crippen molar-refractivity contribution >= 4 is 33.1 Å². The lowest BCUT2D eigenvalue weighted by Gasteiger charge is -2.16. The predicted octanol–water partition coefficient (Wildman–Crippen LogP) is 2.45. The Balaban J connectivity index is 2.31. The standard InChI is InChI=1S/C13H16N2O3S2/c1-8-9(6-7-18-8)15-10-4-3-5-11(20(2,16)17)12(10)14-13(15)19/h3-5,8-9H,6-7H2,1-2H3,(H,14,19). The molecule has 1 aliphatic rings. The normalized spacial score (nSPS) is 23.5. The molecule has 1 aromatic heterocycles. The molecule has 2 heterocycles. The smallest absolute Gasteiger partial charge is 0.178 e. The lowest BCUT2D eigenvalue weighted by Crippen LogP contribution is -2.16. The van der Waals surface area contributed by atoms with Crippen molar-refractivity contribution in [1.29, 1.82) is 0 Å². The summed E-state index contributed by atoms with van der Waals surface area (Å²) in [6, 6.07) is 5.38. The molecule has 5 nitrogen and oxygen atoms in total. The molecule has 2 aromatic rings. The molecule has 20 heavy (non-hydrogen) atoms. The second-order valence-electron chi connectivity index (χ2n) is 5.15. The van der Waals surface area contributed by atoms with Gasteiger partial charge in [0, 0.05) is 12.9 Å². The van der Waals surface area contributed by atoms with Gasteiger partial charge < -0.3 is 14.3 Å². The van der Waals surface area contributed by atoms with Gasteiger partial charge in [-0.3, -0.25) is 0 Å². The molecule has 2 atom stereocenters. The lowest BCUT2D eigenvalue weighted by atomic mass is 10.1. The number of para-hydroxylation sites is 1. The third kappa shape index (κ3) is 2.10. The van der Waals surface area contributed by atoms with Crippen molar-refractivity contribution < 1.29 is 13.2 Å². The maximum atomic E-state index is 11.9. The molecule has 0 bridgehead atoms. The Morgan fingerprint density at radius 1 is 1.45 bits per heavy atom. The first-order chi connectivity index (χ1) is 9.39. The molecule has 0 spiro atoms. The SMILES string of the molecule is CC1OCCC1n1c(=S)[nH]c2c(S(C)(=O)=O)cccc21. The predicted molar refractivity (Wildman–Crippen MR) is 79.3 cm³/mol. The molecule has 0 radical (unpaired) electrons. The molecule has 0 saturated carbocycles. The fourth-order valence-corrected chi connectivity index (χ4v) is 4.01. The molecule has 1 aliphatic heterocycles. The third-order valence-electron chi connectivity index (χ3n) is 3.78. The highest BCUT2D eigenvalue weighted by atomic mass is 32.2. The molecule has 1 N–H and O–H groups in total. The summed E-state index contributed by atoms with van der Waals surface area (Å²) in [7, 11) is -3.29. The Kier molecular flexibility index (Phi) is 3.23. The Labute approximate surface area is 122 Å². The molecule has 0 aliphatic carbocycles. The van der Waals surface area contributed by atoms with Crippen LogP contribution in [0.5, 0.6) is 0 Å². The van der Waals surface area contributed by atoms with E-state index in [0.29, 0.717) is 16.9 Å². The summed E-state index contributed by atoms with van der Waals surface area (Å²) in [5, 5.41) is 0. The van der Waals surface area contributed by atoms with Crippen molar-refractivity contribution in [2.75, 3.05) is 12.9 Å². The number of H-pyrrole nitrogens is 1. The van der Waals surface area contributed by atoms with Crippen LogP contribution in [-0.4, -0.2) is 36.9 Å². The van der Waals surface area contributed by atoms with Crippen molar-refractivity contribution in [3.8, 4) is 0 Å². The number of ether oxygens (including phenoxy) is 1. The fraction of sp³-hybridized carbons (Fsp3) is 0.462. The number of hydrogen-bond donors (Lipinski definition) is 1. The zero-order chi connectivity index (χ0) is 14.5. The topological polar surface area (TPSA) is 64.1 Å². The van der Waals surface area contributed by atoms with Crippen LogP contribution in [0.3, 0.4) is 0 Å². The molecule has 2 unspecified atom stereocenters. The van der Waals surface area contributed by atoms with Gasteiger partial charge in [0.1, 0.15) is 0 Å². The summed E-state index contributed by atoms with van der Waals surface area (Å²) in [6.45, 7) is 2.71. The van der Waals surface area contributed by atoms with E-state index < -0.39 is 9.84 Å². The first-order valence-corrected chi connectivity index (χ1v) is 8.74. The maximum absolute atomic E-state index is 11.9. The van der Waals surface area contributed by atoms with E-state index in [9.17, 15) is 8.42 Å². The summed E-state index contributed by atoms with van der Waals surface area (Å²) in [6.07, 6.45) is 2.16. The summed E-state index contributed by atoms with van der Waals surface area (Å²) >= 11 is 5.38. The van der Waals surface area contributed by atoms with Gasteiger partial charge in [-0.2, -0.15) is 0 Å². The van der Waals surface area contributed by atoms with E-state index in [1.807, 2.05) is 17.6 Å². The summed E-state index contributed by atoms with van der Waals surface area (Å²) < 4.78 is 31.8. The van der Waals surface area contributed by atoms with E-state index in [1.165, 1.54) is 6.26 Å². The van der Waals surface area contributed by atoms with Gasteiger partial charge in [-0.1, -0.05) is 6.07 Å². The van der Waals surface area contributed by atoms with E-state index in [0.717, 1.165) is 11.9 Å². The van der Waals surface area contributed by atoms with Gasteiger partial charge in [0.05, 0.1) is 28.1 Å². The van der Waals surface area contributed by atoms with Crippen molar-refractivity contribution in [2.45, 2.75) is 30.4 Å². The largest absolute Gasteiger partial charge is 0.376 e. The number of fused-ring (bicyclic) bond motifs is 1. The number of sulfone groups is 1. The average Bonchev–Trinajstić information content (AvgIpc) is 2.89. The van der Waals surface area contributed by atoms with Crippen LogP contribution in [0.25, 0.3) is 11.0 Å². The number of aromatic amines is 1. The van der Waals surface area contributed by atoms with E-state index in [1.54, 1.807) is 12.1 Å². The van der Waals surface area contributed by atoms with Gasteiger partial charge in [0.2, 0.25) is 0 Å². The van der Waals surface area contributed by atoms with E-state index in [2.05, 4.69) is 4.98 Å². The van der Waals surface area contributed by atoms with Crippen LogP contribution in [0.15, 0.2) is 23.1 Å². The number of nitrogens with zero attached hydrogens (tertiary/aromatic N) is 1. The Morgan fingerprint density at radius 3 is 2.80 bits per heavy atom. The van der Waals surface area contributed by atoms with Crippen molar-refractivity contribution in [2.24, 2.45) is 0 Å². The quantitative estimate of drug-likeness (QED) is 0.865. The van der Waals surface area contributed by atoms with E-state index in [-0.39, 0.29) is 17.0 Å². The third-order valence-corrected chi connectivity index (χ3v) is 5.22. The van der Waals surface area contributed by atoms with Gasteiger partial charge in [0.25, 0.3) is 0 Å². The van der Waals surface area contributed by atoms with Gasteiger partial charge in [-0.15, -0.1) is 0 Å². The zero-order valence-electron chi connectivity index (χ0n) is 11.3. The fourth-order valence-electron chi connectivity index (χ4n) is 2.82. The average molecular weight is 312 g/mol. The minimum atomic E-state index is -3.29. The summed E-state index contributed by atoms with van der Waals surface area (Å²) in [5.74, 6) is 0. The highest BCUT2D eigenvalue weighted by molar-refractivity contribution is 7.91. The van der Waals surface area contributed by atoms with Crippen molar-refractivity contribution in [1.82, 2.24) is 9.55 Å². The highest BCUT2D eigenvalue weighted by Gasteiger charge is 2.28. The Bertz CT molecular complexity index is 820. The van der Waals surface area contributed by atoms with Crippen LogP contribution in [0, 0.1) is 4.77 Å². The van der Waals surface area contributed by atoms with Crippen LogP contribution in [0.2, 0.25) is 0 Å². The van der Waals surface area contributed by atoms with Gasteiger partial charge in [-0.05, 0) is 37.7 Å². The number of rotatable bonds is 2. The van der Waals surface area contributed by atoms with Crippen molar-refractivity contribution in [3.05, 3.63) is 23.0 Å². The number of hydrogen-bond acceptors (Lipinski definition) is 4. The van der Waals surface area contributed by atoms with Gasteiger partial charge >= 0.3 is 0 Å². The number of aromatic nitrogens is 2. The lowest BCUT2D eigenvalue weighted by molar-refractivity contribution is 0.108. The maximum Gasteiger partial charge on any atom is 0.178 e. The Hall–Kier alpha value is -1.18. The number of imidazole rings is 1. The van der Waals surface area contributed by atoms with Crippen LogP contribution in [0.4, 0.5) is 0 Å². The molecule has 1 aromatic carbocycles. The molecule has 1 saturated heterocycles. The van der Waals surface area contributed by atoms with Crippen molar-refractivity contribution in [3.63, 3.8) is 0 Å². The van der Waals surface area contributed by atoms with Crippen LogP contribution >= 0.6 is 12.2 Å². The molecule has 3 rings (SSSR count). The number of benzene rings is 1.